The van der Waals surface area contributed by atoms with E-state index in [2.05, 4.69) is 6.92 Å². The third kappa shape index (κ3) is 7.99. The molecule has 2 rings (SSSR count). The van der Waals surface area contributed by atoms with Crippen molar-refractivity contribution < 1.29 is 14.6 Å². The zero-order valence-electron chi connectivity index (χ0n) is 16.9. The van der Waals surface area contributed by atoms with Crippen molar-refractivity contribution in [1.29, 1.82) is 0 Å². The molecular weight excluding hydrogens is 348 g/mol. The van der Waals surface area contributed by atoms with E-state index in [1.807, 2.05) is 18.2 Å². The summed E-state index contributed by atoms with van der Waals surface area (Å²) in [6, 6.07) is 14.2. The molecule has 0 fully saturated rings. The lowest BCUT2D eigenvalue weighted by atomic mass is 10.1. The second-order valence-corrected chi connectivity index (χ2v) is 7.10. The van der Waals surface area contributed by atoms with Gasteiger partial charge in [0.15, 0.2) is 5.78 Å². The van der Waals surface area contributed by atoms with Gasteiger partial charge >= 0.3 is 0 Å². The van der Waals surface area contributed by atoms with E-state index in [9.17, 15) is 9.90 Å². The molecular formula is C25H32O3. The van der Waals surface area contributed by atoms with Gasteiger partial charge in [0.05, 0.1) is 6.61 Å². The largest absolute Gasteiger partial charge is 0.507 e. The highest BCUT2D eigenvalue weighted by atomic mass is 16.5. The number of allylic oxidation sites excluding steroid dienone is 1. The van der Waals surface area contributed by atoms with Crippen LogP contribution < -0.4 is 4.74 Å². The molecule has 2 aromatic rings. The summed E-state index contributed by atoms with van der Waals surface area (Å²) in [7, 11) is 0. The molecule has 0 aliphatic rings. The Morgan fingerprint density at radius 1 is 0.893 bits per heavy atom. The van der Waals surface area contributed by atoms with Gasteiger partial charge in [0.2, 0.25) is 0 Å². The summed E-state index contributed by atoms with van der Waals surface area (Å²) in [5.74, 6) is 0.860. The summed E-state index contributed by atoms with van der Waals surface area (Å²) >= 11 is 0. The number of benzene rings is 2. The molecule has 0 saturated carbocycles. The molecule has 0 aliphatic carbocycles. The molecule has 0 radical (unpaired) electrons. The quantitative estimate of drug-likeness (QED) is 0.236. The van der Waals surface area contributed by atoms with Crippen LogP contribution in [0.4, 0.5) is 0 Å². The predicted octanol–water partition coefficient (Wildman–Crippen LogP) is 6.81. The van der Waals surface area contributed by atoms with Crippen LogP contribution in [0.25, 0.3) is 6.08 Å². The number of rotatable bonds is 13. The van der Waals surface area contributed by atoms with Gasteiger partial charge in [-0.2, -0.15) is 0 Å². The molecule has 0 bridgehead atoms. The molecule has 0 spiro atoms. The van der Waals surface area contributed by atoms with Crippen molar-refractivity contribution in [2.24, 2.45) is 0 Å². The number of hydrogen-bond acceptors (Lipinski definition) is 3. The molecule has 0 aliphatic heterocycles. The lowest BCUT2D eigenvalue weighted by Gasteiger charge is -2.07. The van der Waals surface area contributed by atoms with Crippen LogP contribution in [0.5, 0.6) is 11.5 Å². The standard InChI is InChI=1S/C25H32O3/c1-2-3-4-5-6-7-8-11-20-28-23-17-14-22(15-18-23)25(27)19-16-21-12-9-10-13-24(21)26/h9-10,12-19,26H,2-8,11,20H2,1H3/b19-16+. The summed E-state index contributed by atoms with van der Waals surface area (Å²) < 4.78 is 5.77. The van der Waals surface area contributed by atoms with Gasteiger partial charge in [-0.3, -0.25) is 4.79 Å². The molecule has 0 unspecified atom stereocenters. The number of ether oxygens (including phenoxy) is 1. The minimum atomic E-state index is -0.0992. The number of carbonyl (C=O) groups excluding carboxylic acids is 1. The summed E-state index contributed by atoms with van der Waals surface area (Å²) in [6.45, 7) is 2.96. The highest BCUT2D eigenvalue weighted by Gasteiger charge is 2.03. The van der Waals surface area contributed by atoms with Crippen LogP contribution in [0.2, 0.25) is 0 Å². The predicted molar refractivity (Wildman–Crippen MR) is 116 cm³/mol. The third-order valence-corrected chi connectivity index (χ3v) is 4.76. The van der Waals surface area contributed by atoms with Crippen LogP contribution in [-0.4, -0.2) is 17.5 Å². The lowest BCUT2D eigenvalue weighted by Crippen LogP contribution is -1.99. The van der Waals surface area contributed by atoms with E-state index in [0.717, 1.165) is 18.8 Å². The van der Waals surface area contributed by atoms with Crippen LogP contribution in [0.15, 0.2) is 54.6 Å². The fourth-order valence-corrected chi connectivity index (χ4v) is 3.03. The van der Waals surface area contributed by atoms with Crippen molar-refractivity contribution in [1.82, 2.24) is 0 Å². The van der Waals surface area contributed by atoms with Gasteiger partial charge in [0, 0.05) is 11.1 Å². The highest BCUT2D eigenvalue weighted by molar-refractivity contribution is 6.07. The molecule has 0 heterocycles. The molecule has 28 heavy (non-hydrogen) atoms. The first-order valence-corrected chi connectivity index (χ1v) is 10.4. The van der Waals surface area contributed by atoms with E-state index in [-0.39, 0.29) is 11.5 Å². The lowest BCUT2D eigenvalue weighted by molar-refractivity contribution is 0.104. The van der Waals surface area contributed by atoms with E-state index < -0.39 is 0 Å². The van der Waals surface area contributed by atoms with Crippen molar-refractivity contribution in [2.45, 2.75) is 58.3 Å². The molecule has 3 heteroatoms. The second kappa shape index (κ2) is 12.8. The van der Waals surface area contributed by atoms with Gasteiger partial charge in [0.25, 0.3) is 0 Å². The first-order valence-electron chi connectivity index (χ1n) is 10.4. The molecule has 0 saturated heterocycles. The average Bonchev–Trinajstić information content (AvgIpc) is 2.72. The van der Waals surface area contributed by atoms with Crippen LogP contribution in [-0.2, 0) is 0 Å². The van der Waals surface area contributed by atoms with E-state index >= 15 is 0 Å². The van der Waals surface area contributed by atoms with Gasteiger partial charge in [-0.15, -0.1) is 0 Å². The summed E-state index contributed by atoms with van der Waals surface area (Å²) in [4.78, 5) is 12.3. The number of phenolic OH excluding ortho intramolecular Hbond substituents is 1. The maximum absolute atomic E-state index is 12.3. The SMILES string of the molecule is CCCCCCCCCCOc1ccc(C(=O)/C=C/c2ccccc2O)cc1. The van der Waals surface area contributed by atoms with E-state index in [4.69, 9.17) is 4.74 Å². The summed E-state index contributed by atoms with van der Waals surface area (Å²) in [5, 5.41) is 9.74. The number of hydrogen-bond donors (Lipinski definition) is 1. The maximum Gasteiger partial charge on any atom is 0.185 e. The fourth-order valence-electron chi connectivity index (χ4n) is 3.03. The highest BCUT2D eigenvalue weighted by Crippen LogP contribution is 2.18. The van der Waals surface area contributed by atoms with Gasteiger partial charge < -0.3 is 9.84 Å². The average molecular weight is 381 g/mol. The molecule has 150 valence electrons. The first kappa shape index (κ1) is 21.7. The van der Waals surface area contributed by atoms with Crippen molar-refractivity contribution >= 4 is 11.9 Å². The Balaban J connectivity index is 1.68. The van der Waals surface area contributed by atoms with E-state index in [1.165, 1.54) is 51.0 Å². The molecule has 1 N–H and O–H groups in total. The number of phenols is 1. The smallest absolute Gasteiger partial charge is 0.185 e. The summed E-state index contributed by atoms with van der Waals surface area (Å²) in [6.07, 6.45) is 13.3. The number of unbranched alkanes of at least 4 members (excludes halogenated alkanes) is 7. The monoisotopic (exact) mass is 380 g/mol. The van der Waals surface area contributed by atoms with E-state index in [1.54, 1.807) is 36.4 Å². The molecule has 0 amide bonds. The van der Waals surface area contributed by atoms with Gasteiger partial charge in [-0.1, -0.05) is 70.1 Å². The Labute approximate surface area is 169 Å². The topological polar surface area (TPSA) is 46.5 Å². The van der Waals surface area contributed by atoms with Crippen LogP contribution in [0.3, 0.4) is 0 Å². The minimum absolute atomic E-state index is 0.0992. The second-order valence-electron chi connectivity index (χ2n) is 7.10. The Kier molecular flexibility index (Phi) is 9.92. The van der Waals surface area contributed by atoms with Crippen molar-refractivity contribution in [3.63, 3.8) is 0 Å². The van der Waals surface area contributed by atoms with Crippen molar-refractivity contribution in [2.75, 3.05) is 6.61 Å². The zero-order chi connectivity index (χ0) is 20.0. The fraction of sp³-hybridized carbons (Fsp3) is 0.400. The molecule has 0 atom stereocenters. The van der Waals surface area contributed by atoms with Gasteiger partial charge in [-0.05, 0) is 48.9 Å². The molecule has 0 aromatic heterocycles. The van der Waals surface area contributed by atoms with E-state index in [0.29, 0.717) is 11.1 Å². The number of aromatic hydroxyl groups is 1. The van der Waals surface area contributed by atoms with Crippen LogP contribution >= 0.6 is 0 Å². The summed E-state index contributed by atoms with van der Waals surface area (Å²) in [5.41, 5.74) is 1.23. The van der Waals surface area contributed by atoms with Crippen LogP contribution in [0, 0.1) is 0 Å². The maximum atomic E-state index is 12.3. The first-order chi connectivity index (χ1) is 13.7. The van der Waals surface area contributed by atoms with Gasteiger partial charge in [0.1, 0.15) is 11.5 Å². The Morgan fingerprint density at radius 3 is 2.21 bits per heavy atom. The van der Waals surface area contributed by atoms with Crippen molar-refractivity contribution in [3.05, 3.63) is 65.7 Å². The third-order valence-electron chi connectivity index (χ3n) is 4.76. The Bertz CT molecular complexity index is 732. The van der Waals surface area contributed by atoms with Crippen LogP contribution in [0.1, 0.15) is 74.2 Å². The minimum Gasteiger partial charge on any atom is -0.507 e. The Morgan fingerprint density at radius 2 is 1.54 bits per heavy atom. The number of carbonyl (C=O) groups is 1. The number of para-hydroxylation sites is 1. The number of ketones is 1. The van der Waals surface area contributed by atoms with Crippen molar-refractivity contribution in [3.8, 4) is 11.5 Å². The zero-order valence-corrected chi connectivity index (χ0v) is 16.9. The Hall–Kier alpha value is -2.55. The normalized spacial score (nSPS) is 11.0. The molecule has 3 nitrogen and oxygen atoms in total. The van der Waals surface area contributed by atoms with Gasteiger partial charge in [-0.25, -0.2) is 0 Å². The molecule has 2 aromatic carbocycles.